The molecule has 0 unspecified atom stereocenters. The summed E-state index contributed by atoms with van der Waals surface area (Å²) in [7, 11) is 1.40. The zero-order chi connectivity index (χ0) is 12.5. The number of imide groups is 1. The molecular weight excluding hydrogens is 224 g/mol. The number of Topliss-reactive ketones (excluding diaryl/α,β-unsaturated/α-hetero) is 1. The summed E-state index contributed by atoms with van der Waals surface area (Å²) in [5, 5.41) is 2.72. The zero-order valence-corrected chi connectivity index (χ0v) is 9.82. The molecule has 2 aliphatic rings. The van der Waals surface area contributed by atoms with E-state index in [0.717, 1.165) is 17.7 Å². The lowest BCUT2D eigenvalue weighted by Crippen LogP contribution is -2.44. The summed E-state index contributed by atoms with van der Waals surface area (Å²) >= 11 is 0. The van der Waals surface area contributed by atoms with Crippen LogP contribution in [0.25, 0.3) is 0 Å². The molecular formula is C11H16N2O4. The molecule has 0 bridgehead atoms. The molecule has 0 aromatic carbocycles. The number of ether oxygens (including phenoxy) is 1. The highest BCUT2D eigenvalue weighted by atomic mass is 16.5. The second-order valence-corrected chi connectivity index (χ2v) is 4.58. The van der Waals surface area contributed by atoms with E-state index in [4.69, 9.17) is 0 Å². The van der Waals surface area contributed by atoms with E-state index in [2.05, 4.69) is 10.1 Å². The SMILES string of the molecule is COCC(=O)CN1C(=O)NC2(CCCC2)C1=O. The Bertz CT molecular complexity index is 360. The molecule has 0 aromatic heterocycles. The molecule has 1 saturated heterocycles. The molecule has 0 radical (unpaired) electrons. The van der Waals surface area contributed by atoms with Crippen molar-refractivity contribution >= 4 is 17.7 Å². The van der Waals surface area contributed by atoms with E-state index in [0.29, 0.717) is 12.8 Å². The van der Waals surface area contributed by atoms with Crippen LogP contribution in [0.15, 0.2) is 0 Å². The molecule has 2 rings (SSSR count). The van der Waals surface area contributed by atoms with Gasteiger partial charge in [-0.1, -0.05) is 12.8 Å². The number of methoxy groups -OCH3 is 1. The van der Waals surface area contributed by atoms with E-state index >= 15 is 0 Å². The third kappa shape index (κ3) is 2.04. The molecule has 1 N–H and O–H groups in total. The fraction of sp³-hybridized carbons (Fsp3) is 0.727. The van der Waals surface area contributed by atoms with Gasteiger partial charge in [0.15, 0.2) is 5.78 Å². The maximum Gasteiger partial charge on any atom is 0.325 e. The summed E-state index contributed by atoms with van der Waals surface area (Å²) < 4.78 is 4.68. The fourth-order valence-electron chi connectivity index (χ4n) is 2.52. The van der Waals surface area contributed by atoms with Gasteiger partial charge in [-0.05, 0) is 12.8 Å². The average Bonchev–Trinajstić information content (AvgIpc) is 2.82. The Morgan fingerprint density at radius 1 is 1.41 bits per heavy atom. The second kappa shape index (κ2) is 4.44. The molecule has 1 saturated carbocycles. The first-order valence-corrected chi connectivity index (χ1v) is 5.74. The molecule has 1 aliphatic heterocycles. The van der Waals surface area contributed by atoms with Crippen LogP contribution in [-0.2, 0) is 14.3 Å². The third-order valence-corrected chi connectivity index (χ3v) is 3.34. The standard InChI is InChI=1S/C11H16N2O4/c1-17-7-8(14)6-13-9(15)11(12-10(13)16)4-2-3-5-11/h2-7H2,1H3,(H,12,16). The summed E-state index contributed by atoms with van der Waals surface area (Å²) in [5.74, 6) is -0.532. The van der Waals surface area contributed by atoms with Gasteiger partial charge in [0, 0.05) is 7.11 Å². The first-order valence-electron chi connectivity index (χ1n) is 5.74. The summed E-state index contributed by atoms with van der Waals surface area (Å²) in [5.41, 5.74) is -0.732. The van der Waals surface area contributed by atoms with Crippen LogP contribution >= 0.6 is 0 Å². The topological polar surface area (TPSA) is 75.7 Å². The minimum Gasteiger partial charge on any atom is -0.377 e. The maximum atomic E-state index is 12.1. The molecule has 0 aromatic rings. The van der Waals surface area contributed by atoms with Gasteiger partial charge < -0.3 is 10.1 Å². The molecule has 3 amide bonds. The Balaban J connectivity index is 2.06. The number of nitrogens with one attached hydrogen (secondary N) is 1. The lowest BCUT2D eigenvalue weighted by molar-refractivity contribution is -0.135. The van der Waals surface area contributed by atoms with Crippen molar-refractivity contribution in [3.05, 3.63) is 0 Å². The molecule has 1 spiro atoms. The largest absolute Gasteiger partial charge is 0.377 e. The highest BCUT2D eigenvalue weighted by molar-refractivity contribution is 6.09. The first-order chi connectivity index (χ1) is 8.09. The van der Waals surface area contributed by atoms with Crippen LogP contribution in [0.3, 0.4) is 0 Å². The zero-order valence-electron chi connectivity index (χ0n) is 9.82. The highest BCUT2D eigenvalue weighted by Gasteiger charge is 2.52. The van der Waals surface area contributed by atoms with Crippen molar-refractivity contribution in [1.82, 2.24) is 10.2 Å². The van der Waals surface area contributed by atoms with Crippen LogP contribution in [0, 0.1) is 0 Å². The van der Waals surface area contributed by atoms with Gasteiger partial charge in [0.25, 0.3) is 5.91 Å². The average molecular weight is 240 g/mol. The minimum atomic E-state index is -0.732. The minimum absolute atomic E-state index is 0.0793. The quantitative estimate of drug-likeness (QED) is 0.705. The van der Waals surface area contributed by atoms with E-state index in [1.165, 1.54) is 7.11 Å². The van der Waals surface area contributed by atoms with Gasteiger partial charge in [0.1, 0.15) is 12.1 Å². The van der Waals surface area contributed by atoms with Gasteiger partial charge in [0.05, 0.1) is 6.54 Å². The molecule has 0 atom stereocenters. The Kier molecular flexibility index (Phi) is 3.15. The normalized spacial score (nSPS) is 22.3. The summed E-state index contributed by atoms with van der Waals surface area (Å²) in [6.45, 7) is -0.273. The lowest BCUT2D eigenvalue weighted by Gasteiger charge is -2.19. The van der Waals surface area contributed by atoms with Crippen molar-refractivity contribution in [3.8, 4) is 0 Å². The monoisotopic (exact) mass is 240 g/mol. The highest BCUT2D eigenvalue weighted by Crippen LogP contribution is 2.34. The Hall–Kier alpha value is -1.43. The number of urea groups is 1. The molecule has 6 nitrogen and oxygen atoms in total. The number of amides is 3. The number of hydrogen-bond donors (Lipinski definition) is 1. The molecule has 1 heterocycles. The van der Waals surface area contributed by atoms with Gasteiger partial charge in [-0.15, -0.1) is 0 Å². The van der Waals surface area contributed by atoms with Crippen LogP contribution in [0.2, 0.25) is 0 Å². The van der Waals surface area contributed by atoms with Crippen molar-refractivity contribution in [2.75, 3.05) is 20.3 Å². The fourth-order valence-corrected chi connectivity index (χ4v) is 2.52. The van der Waals surface area contributed by atoms with E-state index in [9.17, 15) is 14.4 Å². The summed E-state index contributed by atoms with van der Waals surface area (Å²) in [4.78, 5) is 36.2. The van der Waals surface area contributed by atoms with Crippen LogP contribution in [0.5, 0.6) is 0 Å². The van der Waals surface area contributed by atoms with Crippen molar-refractivity contribution in [2.24, 2.45) is 0 Å². The van der Waals surface area contributed by atoms with E-state index in [1.807, 2.05) is 0 Å². The second-order valence-electron chi connectivity index (χ2n) is 4.58. The summed E-state index contributed by atoms with van der Waals surface area (Å²) in [6.07, 6.45) is 3.22. The van der Waals surface area contributed by atoms with Crippen LogP contribution in [0.1, 0.15) is 25.7 Å². The van der Waals surface area contributed by atoms with Crippen molar-refractivity contribution in [2.45, 2.75) is 31.2 Å². The van der Waals surface area contributed by atoms with Crippen LogP contribution < -0.4 is 5.32 Å². The lowest BCUT2D eigenvalue weighted by atomic mass is 9.98. The van der Waals surface area contributed by atoms with Crippen molar-refractivity contribution < 1.29 is 19.1 Å². The number of rotatable bonds is 4. The van der Waals surface area contributed by atoms with Gasteiger partial charge >= 0.3 is 6.03 Å². The Morgan fingerprint density at radius 3 is 2.65 bits per heavy atom. The predicted octanol–water partition coefficient (Wildman–Crippen LogP) is 0.0665. The molecule has 1 aliphatic carbocycles. The smallest absolute Gasteiger partial charge is 0.325 e. The van der Waals surface area contributed by atoms with Crippen molar-refractivity contribution in [3.63, 3.8) is 0 Å². The number of nitrogens with zero attached hydrogens (tertiary/aromatic N) is 1. The molecule has 94 valence electrons. The molecule has 6 heteroatoms. The number of carbonyl (C=O) groups excluding carboxylic acids is 3. The van der Waals surface area contributed by atoms with Gasteiger partial charge in [-0.2, -0.15) is 0 Å². The Labute approximate surface area is 99.3 Å². The number of carbonyl (C=O) groups is 3. The van der Waals surface area contributed by atoms with E-state index < -0.39 is 11.6 Å². The molecule has 2 fully saturated rings. The Morgan fingerprint density at radius 2 is 2.06 bits per heavy atom. The van der Waals surface area contributed by atoms with Gasteiger partial charge in [-0.3, -0.25) is 14.5 Å². The first kappa shape index (κ1) is 12.0. The number of ketones is 1. The third-order valence-electron chi connectivity index (χ3n) is 3.34. The molecule has 17 heavy (non-hydrogen) atoms. The summed E-state index contributed by atoms with van der Waals surface area (Å²) in [6, 6.07) is -0.457. The van der Waals surface area contributed by atoms with E-state index in [-0.39, 0.29) is 24.8 Å². The van der Waals surface area contributed by atoms with Crippen LogP contribution in [0.4, 0.5) is 4.79 Å². The van der Waals surface area contributed by atoms with Gasteiger partial charge in [-0.25, -0.2) is 4.79 Å². The predicted molar refractivity (Wildman–Crippen MR) is 58.3 cm³/mol. The maximum absolute atomic E-state index is 12.1. The number of hydrogen-bond acceptors (Lipinski definition) is 4. The van der Waals surface area contributed by atoms with Gasteiger partial charge in [0.2, 0.25) is 0 Å². The van der Waals surface area contributed by atoms with Crippen molar-refractivity contribution in [1.29, 1.82) is 0 Å². The van der Waals surface area contributed by atoms with Crippen LogP contribution in [-0.4, -0.2) is 48.4 Å². The van der Waals surface area contributed by atoms with E-state index in [1.54, 1.807) is 0 Å².